The normalized spacial score (nSPS) is 20.4. The van der Waals surface area contributed by atoms with Gasteiger partial charge in [-0.25, -0.2) is 9.18 Å². The molecule has 1 amide bonds. The maximum absolute atomic E-state index is 13.5. The Bertz CT molecular complexity index is 1010. The summed E-state index contributed by atoms with van der Waals surface area (Å²) in [6.45, 7) is -0.192. The standard InChI is InChI=1S/C21H18F7NO4S/c1-33-17(30)29-11-10-18(12-29,34(32)16-8-6-15(22)7-9-16)13-2-4-14(5-3-13)19(31,20(23,24)25)21(26,27)28/h2-9,31H,10-12H2,1H3. The minimum absolute atomic E-state index is 0.0221. The van der Waals surface area contributed by atoms with E-state index in [1.54, 1.807) is 0 Å². The van der Waals surface area contributed by atoms with Crippen LogP contribution in [0.25, 0.3) is 0 Å². The van der Waals surface area contributed by atoms with Gasteiger partial charge in [-0.3, -0.25) is 0 Å². The number of nitrogens with zero attached hydrogens (tertiary/aromatic N) is 1. The van der Waals surface area contributed by atoms with Gasteiger partial charge in [-0.15, -0.1) is 0 Å². The Balaban J connectivity index is 2.09. The number of aliphatic hydroxyl groups is 1. The van der Waals surface area contributed by atoms with E-state index in [4.69, 9.17) is 0 Å². The molecule has 2 aromatic carbocycles. The lowest BCUT2D eigenvalue weighted by Gasteiger charge is -2.34. The summed E-state index contributed by atoms with van der Waals surface area (Å²) in [5.74, 6) is -0.611. The molecule has 3 rings (SSSR count). The smallest absolute Gasteiger partial charge is 0.430 e. The van der Waals surface area contributed by atoms with Crippen molar-refractivity contribution in [1.82, 2.24) is 4.90 Å². The molecule has 0 aliphatic carbocycles. The van der Waals surface area contributed by atoms with E-state index < -0.39 is 51.4 Å². The molecular formula is C21H18F7NO4S. The van der Waals surface area contributed by atoms with Gasteiger partial charge in [0.1, 0.15) is 5.82 Å². The SMILES string of the molecule is COC(=O)N1CCC(c2ccc(C(O)(C(F)(F)F)C(F)(F)F)cc2)([S+]([O-])c2ccc(F)cc2)C1. The van der Waals surface area contributed by atoms with Gasteiger partial charge in [0.2, 0.25) is 0 Å². The van der Waals surface area contributed by atoms with Crippen molar-refractivity contribution in [2.75, 3.05) is 20.2 Å². The third-order valence-corrected chi connectivity index (χ3v) is 7.68. The number of rotatable bonds is 4. The lowest BCUT2D eigenvalue weighted by molar-refractivity contribution is -0.376. The Morgan fingerprint density at radius 3 is 2.03 bits per heavy atom. The summed E-state index contributed by atoms with van der Waals surface area (Å²) in [6, 6.07) is 7.28. The van der Waals surface area contributed by atoms with Crippen LogP contribution in [0.1, 0.15) is 17.5 Å². The molecule has 1 heterocycles. The van der Waals surface area contributed by atoms with E-state index in [2.05, 4.69) is 4.74 Å². The molecule has 1 N–H and O–H groups in total. The van der Waals surface area contributed by atoms with Crippen LogP contribution in [0.5, 0.6) is 0 Å². The number of hydrogen-bond acceptors (Lipinski definition) is 4. The van der Waals surface area contributed by atoms with Gasteiger partial charge in [0.15, 0.2) is 9.64 Å². The number of halogens is 7. The van der Waals surface area contributed by atoms with Gasteiger partial charge in [0.05, 0.1) is 13.7 Å². The van der Waals surface area contributed by atoms with Crippen molar-refractivity contribution in [3.8, 4) is 0 Å². The molecule has 0 aromatic heterocycles. The molecule has 0 spiro atoms. The topological polar surface area (TPSA) is 72.8 Å². The second-order valence-electron chi connectivity index (χ2n) is 7.64. The number of carbonyl (C=O) groups is 1. The predicted molar refractivity (Wildman–Crippen MR) is 106 cm³/mol. The van der Waals surface area contributed by atoms with Crippen LogP contribution in [0.2, 0.25) is 0 Å². The van der Waals surface area contributed by atoms with Gasteiger partial charge in [-0.05, 0) is 35.4 Å². The van der Waals surface area contributed by atoms with Crippen molar-refractivity contribution in [2.24, 2.45) is 0 Å². The van der Waals surface area contributed by atoms with E-state index in [1.165, 1.54) is 17.0 Å². The molecule has 2 atom stereocenters. The zero-order valence-corrected chi connectivity index (χ0v) is 18.2. The van der Waals surface area contributed by atoms with E-state index in [0.29, 0.717) is 12.1 Å². The fourth-order valence-corrected chi connectivity index (χ4v) is 5.58. The molecule has 1 saturated heterocycles. The van der Waals surface area contributed by atoms with Crippen LogP contribution in [0.4, 0.5) is 35.5 Å². The van der Waals surface area contributed by atoms with E-state index >= 15 is 0 Å². The zero-order chi connectivity index (χ0) is 25.5. The number of ether oxygens (including phenoxy) is 1. The lowest BCUT2D eigenvalue weighted by atomic mass is 9.89. The van der Waals surface area contributed by atoms with Gasteiger partial charge in [-0.2, -0.15) is 26.3 Å². The molecular weight excluding hydrogens is 495 g/mol. The average molecular weight is 513 g/mol. The number of alkyl halides is 6. The quantitative estimate of drug-likeness (QED) is 0.479. The Morgan fingerprint density at radius 2 is 1.56 bits per heavy atom. The molecule has 34 heavy (non-hydrogen) atoms. The second kappa shape index (κ2) is 8.93. The molecule has 1 aliphatic rings. The highest BCUT2D eigenvalue weighted by Crippen LogP contribution is 2.51. The number of likely N-dealkylation sites (tertiary alicyclic amines) is 1. The lowest BCUT2D eigenvalue weighted by Crippen LogP contribution is -2.54. The zero-order valence-electron chi connectivity index (χ0n) is 17.4. The Hall–Kier alpha value is -2.51. The Labute approximate surface area is 192 Å². The van der Waals surface area contributed by atoms with Gasteiger partial charge < -0.3 is 19.3 Å². The van der Waals surface area contributed by atoms with Crippen LogP contribution >= 0.6 is 0 Å². The molecule has 13 heteroatoms. The number of methoxy groups -OCH3 is 1. The summed E-state index contributed by atoms with van der Waals surface area (Å²) >= 11 is -2.00. The molecule has 1 aliphatic heterocycles. The van der Waals surface area contributed by atoms with Gasteiger partial charge in [-0.1, -0.05) is 24.3 Å². The van der Waals surface area contributed by atoms with Crippen LogP contribution in [-0.2, 0) is 26.3 Å². The minimum atomic E-state index is -6.06. The molecule has 2 aromatic rings. The number of benzene rings is 2. The summed E-state index contributed by atoms with van der Waals surface area (Å²) in [5.41, 5.74) is -6.52. The van der Waals surface area contributed by atoms with Gasteiger partial charge in [0, 0.05) is 24.1 Å². The summed E-state index contributed by atoms with van der Waals surface area (Å²) < 4.78 is 109. The van der Waals surface area contributed by atoms with Gasteiger partial charge >= 0.3 is 18.4 Å². The third-order valence-electron chi connectivity index (χ3n) is 5.70. The van der Waals surface area contributed by atoms with Crippen molar-refractivity contribution >= 4 is 17.3 Å². The first-order chi connectivity index (χ1) is 15.7. The fraction of sp³-hybridized carbons (Fsp3) is 0.381. The third kappa shape index (κ3) is 4.31. The summed E-state index contributed by atoms with van der Waals surface area (Å²) in [7, 11) is 1.11. The largest absolute Gasteiger partial charge is 0.611 e. The molecule has 2 unspecified atom stereocenters. The van der Waals surface area contributed by atoms with Crippen molar-refractivity contribution in [1.29, 1.82) is 0 Å². The van der Waals surface area contributed by atoms with Crippen LogP contribution in [0.15, 0.2) is 53.4 Å². The Morgan fingerprint density at radius 1 is 1.03 bits per heavy atom. The maximum atomic E-state index is 13.5. The van der Waals surface area contributed by atoms with E-state index in [1.807, 2.05) is 0 Å². The first-order valence-corrected chi connectivity index (χ1v) is 10.8. The molecule has 0 radical (unpaired) electrons. The van der Waals surface area contributed by atoms with Crippen LogP contribution in [0.3, 0.4) is 0 Å². The van der Waals surface area contributed by atoms with Crippen molar-refractivity contribution in [2.45, 2.75) is 34.0 Å². The van der Waals surface area contributed by atoms with Crippen LogP contribution in [0, 0.1) is 5.82 Å². The van der Waals surface area contributed by atoms with E-state index in [9.17, 15) is 45.2 Å². The fourth-order valence-electron chi connectivity index (χ4n) is 3.85. The molecule has 5 nitrogen and oxygen atoms in total. The minimum Gasteiger partial charge on any atom is -0.611 e. The Kier molecular flexibility index (Phi) is 6.86. The van der Waals surface area contributed by atoms with Crippen LogP contribution < -0.4 is 0 Å². The van der Waals surface area contributed by atoms with E-state index in [-0.39, 0.29) is 30.0 Å². The van der Waals surface area contributed by atoms with E-state index in [0.717, 1.165) is 31.4 Å². The first kappa shape index (κ1) is 26.1. The summed E-state index contributed by atoms with van der Waals surface area (Å²) in [4.78, 5) is 13.3. The highest BCUT2D eigenvalue weighted by atomic mass is 32.2. The average Bonchev–Trinajstić information content (AvgIpc) is 3.23. The molecule has 1 fully saturated rings. The highest BCUT2D eigenvalue weighted by Gasteiger charge is 2.71. The molecule has 0 bridgehead atoms. The maximum Gasteiger partial charge on any atom is 0.430 e. The summed E-state index contributed by atoms with van der Waals surface area (Å²) in [6.07, 6.45) is -12.9. The summed E-state index contributed by atoms with van der Waals surface area (Å²) in [5, 5.41) is 9.62. The molecule has 0 saturated carbocycles. The number of carbonyl (C=O) groups excluding carboxylic acids is 1. The van der Waals surface area contributed by atoms with Crippen molar-refractivity contribution in [3.05, 3.63) is 65.5 Å². The van der Waals surface area contributed by atoms with Crippen molar-refractivity contribution in [3.63, 3.8) is 0 Å². The predicted octanol–water partition coefficient (Wildman–Crippen LogP) is 4.61. The first-order valence-electron chi connectivity index (χ1n) is 9.64. The van der Waals surface area contributed by atoms with Crippen LogP contribution in [-0.4, -0.2) is 53.2 Å². The van der Waals surface area contributed by atoms with Gasteiger partial charge in [0.25, 0.3) is 5.60 Å². The molecule has 186 valence electrons. The monoisotopic (exact) mass is 513 g/mol. The number of hydrogen-bond donors (Lipinski definition) is 1. The second-order valence-corrected chi connectivity index (χ2v) is 9.43. The number of amides is 1. The van der Waals surface area contributed by atoms with Crippen molar-refractivity contribution < 1.29 is 49.9 Å². The highest BCUT2D eigenvalue weighted by molar-refractivity contribution is 7.92.